The maximum absolute atomic E-state index is 13.1. The van der Waals surface area contributed by atoms with E-state index in [9.17, 15) is 4.79 Å². The summed E-state index contributed by atoms with van der Waals surface area (Å²) in [6, 6.07) is 15.7. The Balaban J connectivity index is 1.72. The van der Waals surface area contributed by atoms with Gasteiger partial charge in [-0.3, -0.25) is 4.79 Å². The summed E-state index contributed by atoms with van der Waals surface area (Å²) in [5, 5.41) is 7.47. The Morgan fingerprint density at radius 2 is 1.96 bits per heavy atom. The van der Waals surface area contributed by atoms with Gasteiger partial charge in [-0.1, -0.05) is 30.3 Å². The predicted octanol–water partition coefficient (Wildman–Crippen LogP) is 5.38. The molecule has 6 nitrogen and oxygen atoms in total. The molecule has 3 heterocycles. The van der Waals surface area contributed by atoms with Gasteiger partial charge in [-0.05, 0) is 42.3 Å². The van der Waals surface area contributed by atoms with Gasteiger partial charge in [0.1, 0.15) is 11.5 Å². The first-order valence-electron chi connectivity index (χ1n) is 9.12. The molecule has 1 aromatic carbocycles. The Morgan fingerprint density at radius 3 is 2.68 bits per heavy atom. The highest BCUT2D eigenvalue weighted by atomic mass is 79.9. The van der Waals surface area contributed by atoms with Gasteiger partial charge in [0.15, 0.2) is 10.3 Å². The topological polar surface area (TPSA) is 65.0 Å². The first-order chi connectivity index (χ1) is 13.4. The lowest BCUT2D eigenvalue weighted by atomic mass is 10.2. The number of carbonyl (C=O) groups excluding carboxylic acids is 1. The first-order valence-corrected chi connectivity index (χ1v) is 9.91. The summed E-state index contributed by atoms with van der Waals surface area (Å²) in [6.07, 6.45) is 0. The minimum absolute atomic E-state index is 0.146. The van der Waals surface area contributed by atoms with Crippen molar-refractivity contribution >= 4 is 38.8 Å². The Morgan fingerprint density at radius 1 is 1.21 bits per heavy atom. The summed E-state index contributed by atoms with van der Waals surface area (Å²) in [5.74, 6) is 0.489. The van der Waals surface area contributed by atoms with Crippen molar-refractivity contribution in [3.8, 4) is 0 Å². The van der Waals surface area contributed by atoms with Crippen LogP contribution in [0.4, 0.5) is 5.82 Å². The Hall–Kier alpha value is -2.80. The zero-order valence-electron chi connectivity index (χ0n) is 15.9. The number of hydrogen-bond acceptors (Lipinski definition) is 3. The summed E-state index contributed by atoms with van der Waals surface area (Å²) < 4.78 is 10.1. The molecule has 0 bridgehead atoms. The second kappa shape index (κ2) is 7.31. The number of furan rings is 1. The summed E-state index contributed by atoms with van der Waals surface area (Å²) in [7, 11) is 0. The molecule has 144 valence electrons. The van der Waals surface area contributed by atoms with E-state index in [0.29, 0.717) is 28.3 Å². The van der Waals surface area contributed by atoms with Gasteiger partial charge >= 0.3 is 0 Å². The van der Waals surface area contributed by atoms with Crippen LogP contribution in [0, 0.1) is 6.92 Å². The van der Waals surface area contributed by atoms with Gasteiger partial charge in [-0.15, -0.1) is 0 Å². The molecule has 3 aromatic heterocycles. The van der Waals surface area contributed by atoms with E-state index in [1.807, 2.05) is 72.5 Å². The quantitative estimate of drug-likeness (QED) is 0.452. The molecule has 1 amide bonds. The Labute approximate surface area is 171 Å². The standard InChI is InChI=1S/C21H21BrN4O2/c1-13(2)26-20(9-14(3)24-26)23-21(27)17-10-18-16(11-19(22)28-18)25(17)12-15-7-5-4-6-8-15/h4-11,13H,12H2,1-3H3,(H,23,27). The van der Waals surface area contributed by atoms with E-state index in [2.05, 4.69) is 26.3 Å². The minimum atomic E-state index is -0.194. The van der Waals surface area contributed by atoms with Crippen molar-refractivity contribution in [1.29, 1.82) is 0 Å². The van der Waals surface area contributed by atoms with Crippen LogP contribution in [0.25, 0.3) is 11.1 Å². The molecule has 0 fully saturated rings. The number of anilines is 1. The van der Waals surface area contributed by atoms with Gasteiger partial charge in [0, 0.05) is 30.8 Å². The number of benzene rings is 1. The van der Waals surface area contributed by atoms with Crippen LogP contribution >= 0.6 is 15.9 Å². The fourth-order valence-corrected chi connectivity index (χ4v) is 3.71. The third-order valence-corrected chi connectivity index (χ3v) is 4.96. The normalized spacial score (nSPS) is 11.5. The summed E-state index contributed by atoms with van der Waals surface area (Å²) in [4.78, 5) is 13.1. The van der Waals surface area contributed by atoms with E-state index >= 15 is 0 Å². The Bertz CT molecular complexity index is 1140. The SMILES string of the molecule is Cc1cc(NC(=O)c2cc3oc(Br)cc3n2Cc2ccccc2)n(C(C)C)n1. The summed E-state index contributed by atoms with van der Waals surface area (Å²) in [6.45, 7) is 6.55. The van der Waals surface area contributed by atoms with E-state index in [1.54, 1.807) is 6.07 Å². The second-order valence-electron chi connectivity index (χ2n) is 7.06. The number of aryl methyl sites for hydroxylation is 1. The van der Waals surface area contributed by atoms with Crippen LogP contribution < -0.4 is 5.32 Å². The van der Waals surface area contributed by atoms with Crippen molar-refractivity contribution in [3.05, 3.63) is 70.2 Å². The highest BCUT2D eigenvalue weighted by Crippen LogP contribution is 2.28. The van der Waals surface area contributed by atoms with Crippen LogP contribution in [0.5, 0.6) is 0 Å². The third kappa shape index (κ3) is 3.49. The summed E-state index contributed by atoms with van der Waals surface area (Å²) in [5.41, 5.74) is 4.05. The molecule has 7 heteroatoms. The lowest BCUT2D eigenvalue weighted by Gasteiger charge is -2.13. The van der Waals surface area contributed by atoms with Crippen LogP contribution in [0.1, 0.15) is 41.6 Å². The van der Waals surface area contributed by atoms with Crippen molar-refractivity contribution in [2.24, 2.45) is 0 Å². The molecule has 0 saturated heterocycles. The lowest BCUT2D eigenvalue weighted by Crippen LogP contribution is -2.20. The molecule has 0 radical (unpaired) electrons. The fourth-order valence-electron chi connectivity index (χ4n) is 3.32. The van der Waals surface area contributed by atoms with Crippen molar-refractivity contribution in [3.63, 3.8) is 0 Å². The van der Waals surface area contributed by atoms with Gasteiger partial charge in [0.25, 0.3) is 5.91 Å². The molecule has 0 spiro atoms. The monoisotopic (exact) mass is 440 g/mol. The number of fused-ring (bicyclic) bond motifs is 1. The number of rotatable bonds is 5. The zero-order valence-corrected chi connectivity index (χ0v) is 17.5. The van der Waals surface area contributed by atoms with Crippen molar-refractivity contribution < 1.29 is 9.21 Å². The average Bonchev–Trinajstić information content (AvgIpc) is 3.29. The first kappa shape index (κ1) is 18.6. The van der Waals surface area contributed by atoms with Gasteiger partial charge in [0.05, 0.1) is 11.2 Å². The van der Waals surface area contributed by atoms with Gasteiger partial charge < -0.3 is 14.3 Å². The molecule has 0 aliphatic heterocycles. The number of carbonyl (C=O) groups is 1. The lowest BCUT2D eigenvalue weighted by molar-refractivity contribution is 0.101. The van der Waals surface area contributed by atoms with E-state index < -0.39 is 0 Å². The van der Waals surface area contributed by atoms with E-state index in [4.69, 9.17) is 4.42 Å². The molecule has 0 aliphatic rings. The zero-order chi connectivity index (χ0) is 19.8. The molecular weight excluding hydrogens is 420 g/mol. The number of nitrogens with zero attached hydrogens (tertiary/aromatic N) is 3. The van der Waals surface area contributed by atoms with Gasteiger partial charge in [0.2, 0.25) is 0 Å². The highest BCUT2D eigenvalue weighted by molar-refractivity contribution is 9.10. The second-order valence-corrected chi connectivity index (χ2v) is 7.85. The molecule has 4 aromatic rings. The van der Waals surface area contributed by atoms with Gasteiger partial charge in [-0.2, -0.15) is 5.10 Å². The smallest absolute Gasteiger partial charge is 0.273 e. The van der Waals surface area contributed by atoms with Crippen molar-refractivity contribution in [1.82, 2.24) is 14.3 Å². The molecule has 0 unspecified atom stereocenters. The number of halogens is 1. The molecule has 0 atom stereocenters. The highest BCUT2D eigenvalue weighted by Gasteiger charge is 2.21. The van der Waals surface area contributed by atoms with Crippen molar-refractivity contribution in [2.75, 3.05) is 5.32 Å². The molecular formula is C21H21BrN4O2. The van der Waals surface area contributed by atoms with Crippen molar-refractivity contribution in [2.45, 2.75) is 33.4 Å². The molecule has 0 aliphatic carbocycles. The Kier molecular flexibility index (Phi) is 4.85. The van der Waals surface area contributed by atoms with E-state index in [0.717, 1.165) is 16.8 Å². The number of aromatic nitrogens is 3. The van der Waals surface area contributed by atoms with E-state index in [-0.39, 0.29) is 11.9 Å². The number of nitrogens with one attached hydrogen (secondary N) is 1. The maximum atomic E-state index is 13.1. The minimum Gasteiger partial charge on any atom is -0.448 e. The van der Waals surface area contributed by atoms with Crippen LogP contribution in [0.2, 0.25) is 0 Å². The largest absolute Gasteiger partial charge is 0.448 e. The fraction of sp³-hybridized carbons (Fsp3) is 0.238. The maximum Gasteiger partial charge on any atom is 0.273 e. The van der Waals surface area contributed by atoms with Gasteiger partial charge in [-0.25, -0.2) is 4.68 Å². The molecule has 28 heavy (non-hydrogen) atoms. The molecule has 1 N–H and O–H groups in total. The molecule has 0 saturated carbocycles. The average molecular weight is 441 g/mol. The van der Waals surface area contributed by atoms with Crippen LogP contribution in [0.3, 0.4) is 0 Å². The molecule has 4 rings (SSSR count). The van der Waals surface area contributed by atoms with Crippen LogP contribution in [0.15, 0.2) is 57.6 Å². The number of amides is 1. The van der Waals surface area contributed by atoms with Crippen LogP contribution in [-0.4, -0.2) is 20.3 Å². The predicted molar refractivity (Wildman–Crippen MR) is 113 cm³/mol. The number of hydrogen-bond donors (Lipinski definition) is 1. The van der Waals surface area contributed by atoms with E-state index in [1.165, 1.54) is 0 Å². The summed E-state index contributed by atoms with van der Waals surface area (Å²) >= 11 is 3.37. The van der Waals surface area contributed by atoms with Crippen LogP contribution in [-0.2, 0) is 6.54 Å². The third-order valence-electron chi connectivity index (χ3n) is 4.56.